The van der Waals surface area contributed by atoms with Gasteiger partial charge in [0, 0.05) is 24.3 Å². The van der Waals surface area contributed by atoms with Crippen molar-refractivity contribution < 1.29 is 9.90 Å². The van der Waals surface area contributed by atoms with Crippen molar-refractivity contribution in [3.63, 3.8) is 0 Å². The lowest BCUT2D eigenvalue weighted by Crippen LogP contribution is -2.37. The summed E-state index contributed by atoms with van der Waals surface area (Å²) in [5, 5.41) is 21.5. The lowest BCUT2D eigenvalue weighted by atomic mass is 9.94. The number of hydrogen-bond donors (Lipinski definition) is 2. The Hall–Kier alpha value is -3.00. The molecule has 1 aromatic carbocycles. The summed E-state index contributed by atoms with van der Waals surface area (Å²) >= 11 is 0. The van der Waals surface area contributed by atoms with Crippen LogP contribution in [0.5, 0.6) is 0 Å². The molecule has 3 heterocycles. The Morgan fingerprint density at radius 3 is 2.46 bits per heavy atom. The van der Waals surface area contributed by atoms with Crippen LogP contribution in [0.2, 0.25) is 0 Å². The number of rotatable bonds is 9. The molecular weight excluding hydrogens is 440 g/mol. The molecular formula is C27H38N6O2. The van der Waals surface area contributed by atoms with Crippen molar-refractivity contribution in [3.05, 3.63) is 40.6 Å². The lowest BCUT2D eigenvalue weighted by molar-refractivity contribution is -0.143. The smallest absolute Gasteiger partial charge is 0.306 e. The summed E-state index contributed by atoms with van der Waals surface area (Å²) in [4.78, 5) is 18.4. The molecule has 35 heavy (non-hydrogen) atoms. The maximum Gasteiger partial charge on any atom is 0.306 e. The number of aromatic amines is 1. The van der Waals surface area contributed by atoms with E-state index in [2.05, 4.69) is 67.9 Å². The largest absolute Gasteiger partial charge is 0.481 e. The zero-order chi connectivity index (χ0) is 25.1. The summed E-state index contributed by atoms with van der Waals surface area (Å²) < 4.78 is 2.05. The number of aliphatic carboxylic acids is 1. The Labute approximate surface area is 207 Å². The van der Waals surface area contributed by atoms with E-state index in [1.54, 1.807) is 0 Å². The predicted octanol–water partition coefficient (Wildman–Crippen LogP) is 4.51. The van der Waals surface area contributed by atoms with E-state index in [1.807, 2.05) is 4.68 Å². The molecule has 3 aromatic rings. The van der Waals surface area contributed by atoms with Crippen LogP contribution in [-0.2, 0) is 24.2 Å². The molecule has 0 radical (unpaired) electrons. The topological polar surface area (TPSA) is 99.9 Å². The number of carbonyl (C=O) groups is 1. The van der Waals surface area contributed by atoms with Crippen LogP contribution in [0.4, 0.5) is 0 Å². The molecule has 0 spiro atoms. The van der Waals surface area contributed by atoms with Crippen LogP contribution in [0.3, 0.4) is 0 Å². The zero-order valence-electron chi connectivity index (χ0n) is 21.6. The number of likely N-dealkylation sites (tertiary alicyclic amines) is 1. The number of piperidine rings is 1. The van der Waals surface area contributed by atoms with Crippen molar-refractivity contribution in [1.29, 1.82) is 0 Å². The average Bonchev–Trinajstić information content (AvgIpc) is 3.45. The van der Waals surface area contributed by atoms with Crippen molar-refractivity contribution in [2.75, 3.05) is 19.6 Å². The van der Waals surface area contributed by atoms with Crippen molar-refractivity contribution >= 4 is 5.97 Å². The van der Waals surface area contributed by atoms with Gasteiger partial charge in [-0.2, -0.15) is 10.2 Å². The summed E-state index contributed by atoms with van der Waals surface area (Å²) in [6.45, 7) is 14.4. The predicted molar refractivity (Wildman–Crippen MR) is 137 cm³/mol. The molecule has 0 amide bonds. The molecule has 8 nitrogen and oxygen atoms in total. The van der Waals surface area contributed by atoms with Gasteiger partial charge >= 0.3 is 5.97 Å². The average molecular weight is 479 g/mol. The van der Waals surface area contributed by atoms with E-state index in [9.17, 15) is 9.90 Å². The first kappa shape index (κ1) is 25.1. The lowest BCUT2D eigenvalue weighted by Gasteiger charge is -2.30. The first-order chi connectivity index (χ1) is 16.7. The van der Waals surface area contributed by atoms with Gasteiger partial charge in [0.15, 0.2) is 11.6 Å². The molecule has 8 heteroatoms. The minimum atomic E-state index is -0.656. The normalized spacial score (nSPS) is 15.3. The minimum absolute atomic E-state index is 0.183. The fourth-order valence-corrected chi connectivity index (χ4v) is 5.12. The van der Waals surface area contributed by atoms with E-state index in [4.69, 9.17) is 10.1 Å². The number of nitrogens with one attached hydrogen (secondary N) is 1. The van der Waals surface area contributed by atoms with Gasteiger partial charge in [-0.1, -0.05) is 13.8 Å². The van der Waals surface area contributed by atoms with Crippen LogP contribution in [0.25, 0.3) is 22.9 Å². The van der Waals surface area contributed by atoms with Gasteiger partial charge in [0.2, 0.25) is 0 Å². The summed E-state index contributed by atoms with van der Waals surface area (Å²) in [5.74, 6) is 1.11. The van der Waals surface area contributed by atoms with Crippen LogP contribution in [0.15, 0.2) is 18.2 Å². The quantitative estimate of drug-likeness (QED) is 0.469. The highest BCUT2D eigenvalue weighted by atomic mass is 16.4. The molecule has 2 aromatic heterocycles. The zero-order valence-corrected chi connectivity index (χ0v) is 21.6. The molecule has 188 valence electrons. The molecule has 1 saturated heterocycles. The minimum Gasteiger partial charge on any atom is -0.481 e. The molecule has 0 aliphatic carbocycles. The van der Waals surface area contributed by atoms with E-state index in [0.717, 1.165) is 63.1 Å². The van der Waals surface area contributed by atoms with E-state index < -0.39 is 5.97 Å². The van der Waals surface area contributed by atoms with Gasteiger partial charge in [-0.3, -0.25) is 14.6 Å². The fraction of sp³-hybridized carbons (Fsp3) is 0.556. The highest BCUT2D eigenvalue weighted by molar-refractivity contribution is 5.70. The standard InChI is InChI=1S/C27H38N6O2/c1-6-33-22(13-17(2)3)16-24(31-33)26-28-25(29-30-26)21-14-18(4)23(19(5)15-21)9-12-32-10-7-20(8-11-32)27(34)35/h14-17,20H,6-13H2,1-5H3,(H,34,35)(H,28,29,30). The Morgan fingerprint density at radius 1 is 1.17 bits per heavy atom. The van der Waals surface area contributed by atoms with E-state index in [0.29, 0.717) is 17.6 Å². The van der Waals surface area contributed by atoms with Crippen LogP contribution in [0.1, 0.15) is 56.0 Å². The number of H-pyrrole nitrogens is 1. The summed E-state index contributed by atoms with van der Waals surface area (Å²) in [6.07, 6.45) is 3.44. The third kappa shape index (κ3) is 5.81. The Morgan fingerprint density at radius 2 is 1.86 bits per heavy atom. The first-order valence-corrected chi connectivity index (χ1v) is 12.8. The Bertz CT molecular complexity index is 1150. The monoisotopic (exact) mass is 478 g/mol. The van der Waals surface area contributed by atoms with Crippen molar-refractivity contribution in [2.45, 2.75) is 66.8 Å². The third-order valence-corrected chi connectivity index (χ3v) is 7.08. The van der Waals surface area contributed by atoms with Gasteiger partial charge in [-0.15, -0.1) is 0 Å². The van der Waals surface area contributed by atoms with Gasteiger partial charge in [0.05, 0.1) is 5.92 Å². The third-order valence-electron chi connectivity index (χ3n) is 7.08. The molecule has 0 saturated carbocycles. The van der Waals surface area contributed by atoms with E-state index in [-0.39, 0.29) is 5.92 Å². The van der Waals surface area contributed by atoms with Gasteiger partial charge in [0.1, 0.15) is 5.69 Å². The number of aromatic nitrogens is 5. The second-order valence-corrected chi connectivity index (χ2v) is 10.2. The summed E-state index contributed by atoms with van der Waals surface area (Å²) in [6, 6.07) is 6.45. The molecule has 1 aliphatic heterocycles. The number of carboxylic acids is 1. The van der Waals surface area contributed by atoms with Gasteiger partial charge < -0.3 is 10.0 Å². The van der Waals surface area contributed by atoms with Gasteiger partial charge in [-0.05, 0) is 100 Å². The molecule has 0 atom stereocenters. The molecule has 2 N–H and O–H groups in total. The van der Waals surface area contributed by atoms with Gasteiger partial charge in [0.25, 0.3) is 0 Å². The molecule has 0 bridgehead atoms. The number of carboxylic acid groups (broad SMARTS) is 1. The van der Waals surface area contributed by atoms with Crippen molar-refractivity contribution in [1.82, 2.24) is 29.9 Å². The van der Waals surface area contributed by atoms with E-state index >= 15 is 0 Å². The molecule has 0 unspecified atom stereocenters. The van der Waals surface area contributed by atoms with Crippen LogP contribution < -0.4 is 0 Å². The van der Waals surface area contributed by atoms with E-state index in [1.165, 1.54) is 22.4 Å². The van der Waals surface area contributed by atoms with Crippen LogP contribution in [-0.4, -0.2) is 60.6 Å². The highest BCUT2D eigenvalue weighted by Crippen LogP contribution is 2.26. The van der Waals surface area contributed by atoms with Crippen molar-refractivity contribution in [2.24, 2.45) is 11.8 Å². The number of nitrogens with zero attached hydrogens (tertiary/aromatic N) is 5. The number of hydrogen-bond acceptors (Lipinski definition) is 5. The molecule has 1 aliphatic rings. The first-order valence-electron chi connectivity index (χ1n) is 12.8. The summed E-state index contributed by atoms with van der Waals surface area (Å²) in [7, 11) is 0. The number of benzene rings is 1. The number of aryl methyl sites for hydroxylation is 3. The summed E-state index contributed by atoms with van der Waals surface area (Å²) in [5.41, 5.74) is 6.88. The second-order valence-electron chi connectivity index (χ2n) is 10.2. The van der Waals surface area contributed by atoms with Gasteiger partial charge in [-0.25, -0.2) is 4.98 Å². The second kappa shape index (κ2) is 10.7. The maximum atomic E-state index is 11.2. The Balaban J connectivity index is 1.46. The van der Waals surface area contributed by atoms with Crippen LogP contribution in [0, 0.1) is 25.7 Å². The SMILES string of the molecule is CCn1nc(-c2nc(-c3cc(C)c(CCN4CCC(C(=O)O)CC4)c(C)c3)n[nH]2)cc1CC(C)C. The Kier molecular flexibility index (Phi) is 7.69. The fourth-order valence-electron chi connectivity index (χ4n) is 5.12. The molecule has 1 fully saturated rings. The van der Waals surface area contributed by atoms with Crippen LogP contribution >= 0.6 is 0 Å². The maximum absolute atomic E-state index is 11.2. The van der Waals surface area contributed by atoms with Crippen molar-refractivity contribution in [3.8, 4) is 22.9 Å². The highest BCUT2D eigenvalue weighted by Gasteiger charge is 2.24. The molecule has 4 rings (SSSR count).